The minimum atomic E-state index is -1.95. The summed E-state index contributed by atoms with van der Waals surface area (Å²) >= 11 is 3.30. The van der Waals surface area contributed by atoms with Gasteiger partial charge in [-0.1, -0.05) is 28.1 Å². The second kappa shape index (κ2) is 6.99. The monoisotopic (exact) mass is 421 g/mol. The van der Waals surface area contributed by atoms with Crippen LogP contribution >= 0.6 is 15.9 Å². The molecule has 1 heterocycles. The normalized spacial score (nSPS) is 15.2. The molecule has 1 atom stereocenters. The smallest absolute Gasteiger partial charge is 0.291 e. The number of rotatable bonds is 4. The lowest BCUT2D eigenvalue weighted by Crippen LogP contribution is -2.29. The van der Waals surface area contributed by atoms with E-state index in [0.717, 1.165) is 15.4 Å². The van der Waals surface area contributed by atoms with Crippen molar-refractivity contribution in [3.63, 3.8) is 0 Å². The van der Waals surface area contributed by atoms with Crippen molar-refractivity contribution in [3.8, 4) is 11.1 Å². The molecule has 7 heteroatoms. The fraction of sp³-hybridized carbons (Fsp3) is 0.158. The van der Waals surface area contributed by atoms with E-state index in [1.165, 1.54) is 19.1 Å². The van der Waals surface area contributed by atoms with E-state index in [1.54, 1.807) is 24.3 Å². The highest BCUT2D eigenvalue weighted by Gasteiger charge is 2.32. The van der Waals surface area contributed by atoms with Crippen molar-refractivity contribution in [3.05, 3.63) is 69.7 Å². The predicted octanol–water partition coefficient (Wildman–Crippen LogP) is 4.71. The molecule has 4 nitrogen and oxygen atoms in total. The van der Waals surface area contributed by atoms with Crippen LogP contribution in [0.15, 0.2) is 52.7 Å². The summed E-state index contributed by atoms with van der Waals surface area (Å²) in [7, 11) is 0. The number of benzene rings is 2. The number of carbonyl (C=O) groups is 2. The molecule has 0 bridgehead atoms. The predicted molar refractivity (Wildman–Crippen MR) is 95.8 cm³/mol. The number of hydrogen-bond donors (Lipinski definition) is 1. The van der Waals surface area contributed by atoms with Crippen LogP contribution in [0.25, 0.3) is 11.1 Å². The van der Waals surface area contributed by atoms with Gasteiger partial charge in [-0.3, -0.25) is 14.5 Å². The Kier molecular flexibility index (Phi) is 4.91. The molecule has 0 aliphatic carbocycles. The van der Waals surface area contributed by atoms with E-state index in [2.05, 4.69) is 15.9 Å². The third-order valence-corrected chi connectivity index (χ3v) is 4.66. The maximum absolute atomic E-state index is 14.8. The lowest BCUT2D eigenvalue weighted by molar-refractivity contribution is -0.133. The summed E-state index contributed by atoms with van der Waals surface area (Å²) in [4.78, 5) is 24.5. The van der Waals surface area contributed by atoms with Gasteiger partial charge in [0.25, 0.3) is 5.91 Å². The fourth-order valence-electron chi connectivity index (χ4n) is 2.86. The molecule has 0 fully saturated rings. The second-order valence-corrected chi connectivity index (χ2v) is 6.79. The summed E-state index contributed by atoms with van der Waals surface area (Å²) in [6.07, 6.45) is -0.765. The third kappa shape index (κ3) is 3.26. The molecule has 2 aromatic carbocycles. The van der Waals surface area contributed by atoms with Gasteiger partial charge in [-0.05, 0) is 48.4 Å². The molecule has 1 amide bonds. The van der Waals surface area contributed by atoms with Crippen LogP contribution in [-0.4, -0.2) is 28.2 Å². The number of carbonyl (C=O) groups excluding carboxylic acids is 2. The first-order chi connectivity index (χ1) is 12.3. The van der Waals surface area contributed by atoms with Crippen molar-refractivity contribution >= 4 is 27.6 Å². The zero-order valence-electron chi connectivity index (χ0n) is 13.7. The second-order valence-electron chi connectivity index (χ2n) is 5.87. The zero-order valence-corrected chi connectivity index (χ0v) is 15.3. The van der Waals surface area contributed by atoms with E-state index < -0.39 is 29.6 Å². The summed E-state index contributed by atoms with van der Waals surface area (Å²) in [6.45, 7) is 1.12. The van der Waals surface area contributed by atoms with Crippen LogP contribution in [0.4, 0.5) is 8.78 Å². The summed E-state index contributed by atoms with van der Waals surface area (Å²) in [5.41, 5.74) is 0.533. The van der Waals surface area contributed by atoms with Crippen molar-refractivity contribution in [2.45, 2.75) is 13.2 Å². The molecule has 3 rings (SSSR count). The van der Waals surface area contributed by atoms with Crippen molar-refractivity contribution in [1.82, 2.24) is 4.90 Å². The number of aliphatic hydroxyl groups is 1. The summed E-state index contributed by atoms with van der Waals surface area (Å²) < 4.78 is 30.2. The Balaban J connectivity index is 2.10. The Hall–Kier alpha value is -2.54. The van der Waals surface area contributed by atoms with Gasteiger partial charge in [-0.25, -0.2) is 8.78 Å². The SMILES string of the molecule is CC(=O)c1c(F)cc(C(F)N2CC=C(O)C2=O)cc1-c1ccc(Br)cc1. The van der Waals surface area contributed by atoms with Gasteiger partial charge >= 0.3 is 0 Å². The van der Waals surface area contributed by atoms with Crippen molar-refractivity contribution in [2.24, 2.45) is 0 Å². The van der Waals surface area contributed by atoms with Crippen LogP contribution in [0.3, 0.4) is 0 Å². The maximum atomic E-state index is 14.8. The zero-order chi connectivity index (χ0) is 19.0. The minimum absolute atomic E-state index is 0.109. The highest BCUT2D eigenvalue weighted by atomic mass is 79.9. The van der Waals surface area contributed by atoms with Crippen LogP contribution < -0.4 is 0 Å². The third-order valence-electron chi connectivity index (χ3n) is 4.13. The molecule has 0 spiro atoms. The Morgan fingerprint density at radius 3 is 2.46 bits per heavy atom. The van der Waals surface area contributed by atoms with Crippen LogP contribution in [0.1, 0.15) is 29.1 Å². The molecule has 0 radical (unpaired) electrons. The lowest BCUT2D eigenvalue weighted by Gasteiger charge is -2.22. The Morgan fingerprint density at radius 2 is 1.92 bits per heavy atom. The molecule has 26 heavy (non-hydrogen) atoms. The molecule has 0 aromatic heterocycles. The summed E-state index contributed by atoms with van der Waals surface area (Å²) in [5.74, 6) is -2.75. The number of amides is 1. The largest absolute Gasteiger partial charge is 0.503 e. The van der Waals surface area contributed by atoms with E-state index in [1.807, 2.05) is 0 Å². The van der Waals surface area contributed by atoms with E-state index in [9.17, 15) is 23.5 Å². The van der Waals surface area contributed by atoms with E-state index >= 15 is 0 Å². The number of halogens is 3. The summed E-state index contributed by atoms with van der Waals surface area (Å²) in [5, 5.41) is 9.37. The number of ketones is 1. The van der Waals surface area contributed by atoms with Crippen LogP contribution in [-0.2, 0) is 4.79 Å². The van der Waals surface area contributed by atoms with Gasteiger partial charge < -0.3 is 5.11 Å². The van der Waals surface area contributed by atoms with Crippen LogP contribution in [0.5, 0.6) is 0 Å². The number of Topliss-reactive ketones (excluding diaryl/α,β-unsaturated/α-hetero) is 1. The maximum Gasteiger partial charge on any atom is 0.291 e. The molecule has 134 valence electrons. The first kappa shape index (κ1) is 18.3. The molecule has 0 saturated heterocycles. The highest BCUT2D eigenvalue weighted by molar-refractivity contribution is 9.10. The molecule has 1 unspecified atom stereocenters. The van der Waals surface area contributed by atoms with E-state index in [-0.39, 0.29) is 23.2 Å². The van der Waals surface area contributed by atoms with Gasteiger partial charge in [-0.15, -0.1) is 0 Å². The topological polar surface area (TPSA) is 57.6 Å². The Bertz CT molecular complexity index is 925. The van der Waals surface area contributed by atoms with E-state index in [0.29, 0.717) is 5.56 Å². The van der Waals surface area contributed by atoms with Crippen LogP contribution in [0.2, 0.25) is 0 Å². The summed E-state index contributed by atoms with van der Waals surface area (Å²) in [6, 6.07) is 9.07. The molecule has 1 aliphatic heterocycles. The van der Waals surface area contributed by atoms with Gasteiger partial charge in [0.1, 0.15) is 5.82 Å². The van der Waals surface area contributed by atoms with E-state index in [4.69, 9.17) is 0 Å². The molecule has 2 aromatic rings. The van der Waals surface area contributed by atoms with Crippen molar-refractivity contribution < 1.29 is 23.5 Å². The van der Waals surface area contributed by atoms with Gasteiger partial charge in [-0.2, -0.15) is 0 Å². The average Bonchev–Trinajstić information content (AvgIpc) is 2.93. The molecule has 0 saturated carbocycles. The highest BCUT2D eigenvalue weighted by Crippen LogP contribution is 2.34. The molecule has 1 N–H and O–H groups in total. The van der Waals surface area contributed by atoms with Crippen LogP contribution in [0, 0.1) is 5.82 Å². The van der Waals surface area contributed by atoms with Gasteiger partial charge in [0.2, 0.25) is 6.30 Å². The Labute approximate surface area is 156 Å². The van der Waals surface area contributed by atoms with Gasteiger partial charge in [0.15, 0.2) is 11.5 Å². The minimum Gasteiger partial charge on any atom is -0.503 e. The van der Waals surface area contributed by atoms with Gasteiger partial charge in [0.05, 0.1) is 5.56 Å². The number of alkyl halides is 1. The first-order valence-corrected chi connectivity index (χ1v) is 8.53. The molecular formula is C19H14BrF2NO3. The fourth-order valence-corrected chi connectivity index (χ4v) is 3.12. The standard InChI is InChI=1S/C19H14BrF2NO3/c1-10(24)17-14(11-2-4-13(20)5-3-11)8-12(9-15(17)21)18(22)23-7-6-16(25)19(23)26/h2-6,8-9,18,25H,7H2,1H3. The van der Waals surface area contributed by atoms with Gasteiger partial charge in [0, 0.05) is 16.6 Å². The molecular weight excluding hydrogens is 408 g/mol. The van der Waals surface area contributed by atoms with Crippen molar-refractivity contribution in [1.29, 1.82) is 0 Å². The number of nitrogens with zero attached hydrogens (tertiary/aromatic N) is 1. The molecule has 1 aliphatic rings. The number of aliphatic hydroxyl groups excluding tert-OH is 1. The lowest BCUT2D eigenvalue weighted by atomic mass is 9.94. The average molecular weight is 422 g/mol. The Morgan fingerprint density at radius 1 is 1.27 bits per heavy atom. The van der Waals surface area contributed by atoms with Crippen molar-refractivity contribution in [2.75, 3.05) is 6.54 Å². The number of hydrogen-bond acceptors (Lipinski definition) is 3. The quantitative estimate of drug-likeness (QED) is 0.574. The first-order valence-electron chi connectivity index (χ1n) is 7.74.